The van der Waals surface area contributed by atoms with Gasteiger partial charge in [-0.3, -0.25) is 4.79 Å². The summed E-state index contributed by atoms with van der Waals surface area (Å²) in [6, 6.07) is 14.6. The molecule has 1 saturated carbocycles. The number of aliphatic hydroxyl groups excluding tert-OH is 1. The van der Waals surface area contributed by atoms with Crippen molar-refractivity contribution in [1.82, 2.24) is 0 Å². The van der Waals surface area contributed by atoms with Gasteiger partial charge in [-0.15, -0.1) is 0 Å². The Kier molecular flexibility index (Phi) is 7.77. The number of hydrogen-bond acceptors (Lipinski definition) is 3. The van der Waals surface area contributed by atoms with E-state index >= 15 is 0 Å². The molecule has 2 N–H and O–H groups in total. The molecule has 0 aliphatic heterocycles. The maximum atomic E-state index is 12.9. The minimum absolute atomic E-state index is 0.00537. The molecule has 1 aliphatic carbocycles. The lowest BCUT2D eigenvalue weighted by Gasteiger charge is -2.31. The highest BCUT2D eigenvalue weighted by atomic mass is 16.3. The Morgan fingerprint density at radius 3 is 2.26 bits per heavy atom. The van der Waals surface area contributed by atoms with Gasteiger partial charge in [-0.2, -0.15) is 0 Å². The van der Waals surface area contributed by atoms with Crippen LogP contribution in [-0.4, -0.2) is 30.7 Å². The summed E-state index contributed by atoms with van der Waals surface area (Å²) in [5.41, 5.74) is 5.40. The second-order valence-electron chi connectivity index (χ2n) is 9.96. The molecule has 1 aliphatic rings. The Balaban J connectivity index is 1.86. The third-order valence-electron chi connectivity index (χ3n) is 5.88. The lowest BCUT2D eigenvalue weighted by Crippen LogP contribution is -2.32. The lowest BCUT2D eigenvalue weighted by atomic mass is 10.0. The van der Waals surface area contributed by atoms with Crippen LogP contribution < -0.4 is 10.2 Å². The fraction of sp³-hybridized carbons (Fsp3) is 0.519. The van der Waals surface area contributed by atoms with E-state index < -0.39 is 0 Å². The quantitative estimate of drug-likeness (QED) is 0.540. The first-order valence-electron chi connectivity index (χ1n) is 11.6. The van der Waals surface area contributed by atoms with Crippen molar-refractivity contribution in [3.05, 3.63) is 59.2 Å². The van der Waals surface area contributed by atoms with E-state index in [9.17, 15) is 9.90 Å². The maximum Gasteiger partial charge on any atom is 0.228 e. The predicted molar refractivity (Wildman–Crippen MR) is 130 cm³/mol. The van der Waals surface area contributed by atoms with Crippen molar-refractivity contribution in [2.75, 3.05) is 29.9 Å². The van der Waals surface area contributed by atoms with Gasteiger partial charge >= 0.3 is 0 Å². The van der Waals surface area contributed by atoms with Crippen LogP contribution >= 0.6 is 0 Å². The number of hydrogen-bond donors (Lipinski definition) is 2. The average Bonchev–Trinajstić information content (AvgIpc) is 3.48. The SMILES string of the molecule is Cc1ccc(CC(=O)Nc2cc(C3CC3CO)ccc2N(CC(C)C)CC(C)C)cc1. The van der Waals surface area contributed by atoms with Crippen LogP contribution in [0.1, 0.15) is 56.7 Å². The van der Waals surface area contributed by atoms with Crippen molar-refractivity contribution in [2.24, 2.45) is 17.8 Å². The van der Waals surface area contributed by atoms with Crippen molar-refractivity contribution in [1.29, 1.82) is 0 Å². The van der Waals surface area contributed by atoms with Gasteiger partial charge in [0.05, 0.1) is 17.8 Å². The van der Waals surface area contributed by atoms with E-state index in [1.807, 2.05) is 24.3 Å². The summed E-state index contributed by atoms with van der Waals surface area (Å²) in [5.74, 6) is 1.80. The van der Waals surface area contributed by atoms with Crippen LogP contribution in [0.4, 0.5) is 11.4 Å². The van der Waals surface area contributed by atoms with Crippen molar-refractivity contribution in [3.8, 4) is 0 Å². The van der Waals surface area contributed by atoms with Gasteiger partial charge < -0.3 is 15.3 Å². The molecule has 1 fully saturated rings. The van der Waals surface area contributed by atoms with Gasteiger partial charge in [-0.25, -0.2) is 0 Å². The molecule has 0 saturated heterocycles. The maximum absolute atomic E-state index is 12.9. The number of rotatable bonds is 10. The molecule has 2 unspecified atom stereocenters. The normalized spacial score (nSPS) is 17.8. The largest absolute Gasteiger partial charge is 0.396 e. The van der Waals surface area contributed by atoms with E-state index in [0.717, 1.165) is 36.4 Å². The average molecular weight is 423 g/mol. The van der Waals surface area contributed by atoms with Crippen molar-refractivity contribution < 1.29 is 9.90 Å². The Hall–Kier alpha value is -2.33. The molecule has 0 aromatic heterocycles. The fourth-order valence-corrected chi connectivity index (χ4v) is 4.26. The minimum Gasteiger partial charge on any atom is -0.396 e. The molecule has 3 rings (SSSR count). The lowest BCUT2D eigenvalue weighted by molar-refractivity contribution is -0.115. The van der Waals surface area contributed by atoms with Crippen LogP contribution in [0, 0.1) is 24.7 Å². The van der Waals surface area contributed by atoms with E-state index in [4.69, 9.17) is 0 Å². The zero-order chi connectivity index (χ0) is 22.5. The molecule has 2 atom stereocenters. The number of carbonyl (C=O) groups is 1. The molecular formula is C27H38N2O2. The highest BCUT2D eigenvalue weighted by Crippen LogP contribution is 2.48. The van der Waals surface area contributed by atoms with Crippen LogP contribution in [0.5, 0.6) is 0 Å². The number of anilines is 2. The van der Waals surface area contributed by atoms with Gasteiger partial charge in [0, 0.05) is 19.7 Å². The van der Waals surface area contributed by atoms with E-state index in [2.05, 4.69) is 63.0 Å². The number of aliphatic hydroxyl groups is 1. The first-order valence-corrected chi connectivity index (χ1v) is 11.6. The Morgan fingerprint density at radius 2 is 1.71 bits per heavy atom. The van der Waals surface area contributed by atoms with Crippen LogP contribution in [0.25, 0.3) is 0 Å². The van der Waals surface area contributed by atoms with Gasteiger partial charge in [0.1, 0.15) is 0 Å². The van der Waals surface area contributed by atoms with E-state index in [0.29, 0.717) is 30.1 Å². The zero-order valence-electron chi connectivity index (χ0n) is 19.7. The summed E-state index contributed by atoms with van der Waals surface area (Å²) in [6.07, 6.45) is 1.38. The molecule has 2 aromatic carbocycles. The number of nitrogens with zero attached hydrogens (tertiary/aromatic N) is 1. The van der Waals surface area contributed by atoms with Crippen LogP contribution in [-0.2, 0) is 11.2 Å². The highest BCUT2D eigenvalue weighted by molar-refractivity contribution is 5.95. The number of benzene rings is 2. The summed E-state index contributed by atoms with van der Waals surface area (Å²) in [7, 11) is 0. The molecule has 4 heteroatoms. The molecule has 31 heavy (non-hydrogen) atoms. The molecule has 4 nitrogen and oxygen atoms in total. The molecule has 0 heterocycles. The van der Waals surface area contributed by atoms with Gasteiger partial charge in [-0.05, 0) is 60.3 Å². The van der Waals surface area contributed by atoms with Crippen LogP contribution in [0.3, 0.4) is 0 Å². The Labute approximate surface area is 187 Å². The minimum atomic E-state index is 0.00537. The third-order valence-corrected chi connectivity index (χ3v) is 5.88. The predicted octanol–water partition coefficient (Wildman–Crippen LogP) is 5.39. The fourth-order valence-electron chi connectivity index (χ4n) is 4.26. The Morgan fingerprint density at radius 1 is 1.06 bits per heavy atom. The molecular weight excluding hydrogens is 384 g/mol. The van der Waals surface area contributed by atoms with Crippen molar-refractivity contribution >= 4 is 17.3 Å². The second-order valence-corrected chi connectivity index (χ2v) is 9.96. The number of carbonyl (C=O) groups excluding carboxylic acids is 1. The first-order chi connectivity index (χ1) is 14.8. The first kappa shape index (κ1) is 23.3. The standard InChI is InChI=1S/C27H38N2O2/c1-18(2)15-29(16-19(3)4)26-11-10-22(24-13-23(24)17-30)14-25(26)28-27(31)12-21-8-6-20(5)7-9-21/h6-11,14,18-19,23-24,30H,12-13,15-17H2,1-5H3,(H,28,31). The third kappa shape index (κ3) is 6.57. The number of amides is 1. The van der Waals surface area contributed by atoms with Gasteiger partial charge in [0.15, 0.2) is 0 Å². The topological polar surface area (TPSA) is 52.6 Å². The van der Waals surface area contributed by atoms with Gasteiger partial charge in [0.2, 0.25) is 5.91 Å². The van der Waals surface area contributed by atoms with Gasteiger partial charge in [0.25, 0.3) is 0 Å². The smallest absolute Gasteiger partial charge is 0.228 e. The van der Waals surface area contributed by atoms with E-state index in [-0.39, 0.29) is 12.5 Å². The summed E-state index contributed by atoms with van der Waals surface area (Å²) < 4.78 is 0. The zero-order valence-corrected chi connectivity index (χ0v) is 19.7. The van der Waals surface area contributed by atoms with E-state index in [1.54, 1.807) is 0 Å². The van der Waals surface area contributed by atoms with Crippen molar-refractivity contribution in [3.63, 3.8) is 0 Å². The highest BCUT2D eigenvalue weighted by Gasteiger charge is 2.38. The summed E-state index contributed by atoms with van der Waals surface area (Å²) in [4.78, 5) is 15.3. The summed E-state index contributed by atoms with van der Waals surface area (Å²) >= 11 is 0. The molecule has 1 amide bonds. The van der Waals surface area contributed by atoms with Crippen LogP contribution in [0.15, 0.2) is 42.5 Å². The molecule has 0 bridgehead atoms. The monoisotopic (exact) mass is 422 g/mol. The number of nitrogens with one attached hydrogen (secondary N) is 1. The summed E-state index contributed by atoms with van der Waals surface area (Å²) in [5, 5.41) is 12.7. The molecule has 0 spiro atoms. The molecule has 0 radical (unpaired) electrons. The van der Waals surface area contributed by atoms with Crippen LogP contribution in [0.2, 0.25) is 0 Å². The molecule has 2 aromatic rings. The van der Waals surface area contributed by atoms with E-state index in [1.165, 1.54) is 11.1 Å². The Bertz CT molecular complexity index is 863. The summed E-state index contributed by atoms with van der Waals surface area (Å²) in [6.45, 7) is 13.1. The van der Waals surface area contributed by atoms with Crippen molar-refractivity contribution in [2.45, 2.75) is 53.4 Å². The van der Waals surface area contributed by atoms with Gasteiger partial charge in [-0.1, -0.05) is 63.6 Å². The number of aryl methyl sites for hydroxylation is 1. The second kappa shape index (κ2) is 10.3. The molecule has 168 valence electrons.